The molecular formula is C12H13BrN2O2. The summed E-state index contributed by atoms with van der Waals surface area (Å²) in [5.74, 6) is 0. The summed E-state index contributed by atoms with van der Waals surface area (Å²) in [5, 5.41) is 11.5. The van der Waals surface area contributed by atoms with Gasteiger partial charge in [0.05, 0.1) is 11.3 Å². The van der Waals surface area contributed by atoms with Crippen LogP contribution in [0.2, 0.25) is 0 Å². The third-order valence-corrected chi connectivity index (χ3v) is 2.42. The van der Waals surface area contributed by atoms with E-state index in [0.717, 1.165) is 0 Å². The molecule has 0 bridgehead atoms. The molecule has 0 saturated heterocycles. The molecule has 1 N–H and O–H groups in total. The van der Waals surface area contributed by atoms with E-state index in [4.69, 9.17) is 10.00 Å². The van der Waals surface area contributed by atoms with E-state index in [9.17, 15) is 4.79 Å². The molecular weight excluding hydrogens is 284 g/mol. The minimum atomic E-state index is -0.577. The van der Waals surface area contributed by atoms with Crippen LogP contribution in [0.25, 0.3) is 0 Å². The van der Waals surface area contributed by atoms with E-state index < -0.39 is 11.7 Å². The van der Waals surface area contributed by atoms with E-state index in [1.807, 2.05) is 6.07 Å². The number of amides is 1. The highest BCUT2D eigenvalue weighted by molar-refractivity contribution is 9.10. The molecule has 0 aliphatic heterocycles. The Hall–Kier alpha value is -1.54. The highest BCUT2D eigenvalue weighted by Crippen LogP contribution is 2.24. The zero-order chi connectivity index (χ0) is 13.1. The Bertz CT molecular complexity index is 472. The standard InChI is InChI=1S/C12H13BrN2O2/c1-12(2,3)17-11(16)15-10-6-4-5-9(13)8(10)7-14/h4-6H,1-3H3,(H,15,16). The van der Waals surface area contributed by atoms with Gasteiger partial charge in [0, 0.05) is 4.47 Å². The third kappa shape index (κ3) is 4.08. The van der Waals surface area contributed by atoms with E-state index in [0.29, 0.717) is 15.7 Å². The van der Waals surface area contributed by atoms with Crippen molar-refractivity contribution in [1.82, 2.24) is 0 Å². The first-order valence-corrected chi connectivity index (χ1v) is 5.81. The van der Waals surface area contributed by atoms with Gasteiger partial charge in [-0.1, -0.05) is 6.07 Å². The Kier molecular flexibility index (Phi) is 4.13. The molecule has 0 aliphatic carbocycles. The number of ether oxygens (including phenoxy) is 1. The van der Waals surface area contributed by atoms with Gasteiger partial charge in [0.25, 0.3) is 0 Å². The van der Waals surface area contributed by atoms with Crippen molar-refractivity contribution in [2.24, 2.45) is 0 Å². The average Bonchev–Trinajstić information content (AvgIpc) is 2.14. The summed E-state index contributed by atoms with van der Waals surface area (Å²) >= 11 is 3.24. The number of nitrogens with one attached hydrogen (secondary N) is 1. The molecule has 0 heterocycles. The fourth-order valence-corrected chi connectivity index (χ4v) is 1.61. The van der Waals surface area contributed by atoms with Crippen LogP contribution in [-0.2, 0) is 4.74 Å². The highest BCUT2D eigenvalue weighted by atomic mass is 79.9. The quantitative estimate of drug-likeness (QED) is 0.860. The van der Waals surface area contributed by atoms with E-state index in [1.54, 1.807) is 39.0 Å². The summed E-state index contributed by atoms with van der Waals surface area (Å²) in [5.41, 5.74) is 0.234. The number of nitriles is 1. The summed E-state index contributed by atoms with van der Waals surface area (Å²) in [7, 11) is 0. The molecule has 17 heavy (non-hydrogen) atoms. The van der Waals surface area contributed by atoms with E-state index in [2.05, 4.69) is 21.2 Å². The van der Waals surface area contributed by atoms with Crippen molar-refractivity contribution in [1.29, 1.82) is 5.26 Å². The predicted octanol–water partition coefficient (Wildman–Crippen LogP) is 3.67. The summed E-state index contributed by atoms with van der Waals surface area (Å²) in [6.07, 6.45) is -0.577. The highest BCUT2D eigenvalue weighted by Gasteiger charge is 2.17. The number of rotatable bonds is 1. The lowest BCUT2D eigenvalue weighted by atomic mass is 10.2. The first-order valence-electron chi connectivity index (χ1n) is 5.02. The Labute approximate surface area is 109 Å². The van der Waals surface area contributed by atoms with Gasteiger partial charge in [-0.15, -0.1) is 0 Å². The monoisotopic (exact) mass is 296 g/mol. The van der Waals surface area contributed by atoms with Crippen molar-refractivity contribution in [3.05, 3.63) is 28.2 Å². The smallest absolute Gasteiger partial charge is 0.412 e. The van der Waals surface area contributed by atoms with Gasteiger partial charge in [0.2, 0.25) is 0 Å². The minimum absolute atomic E-state index is 0.373. The van der Waals surface area contributed by atoms with Crippen molar-refractivity contribution in [2.75, 3.05) is 5.32 Å². The van der Waals surface area contributed by atoms with Crippen LogP contribution in [0.1, 0.15) is 26.3 Å². The summed E-state index contributed by atoms with van der Waals surface area (Å²) < 4.78 is 5.74. The first kappa shape index (κ1) is 13.5. The van der Waals surface area contributed by atoms with Crippen LogP contribution in [0, 0.1) is 11.3 Å². The van der Waals surface area contributed by atoms with E-state index in [1.165, 1.54) is 0 Å². The molecule has 0 spiro atoms. The Morgan fingerprint density at radius 1 is 1.47 bits per heavy atom. The molecule has 0 aromatic heterocycles. The molecule has 0 saturated carbocycles. The molecule has 1 aromatic carbocycles. The predicted molar refractivity (Wildman–Crippen MR) is 68.7 cm³/mol. The zero-order valence-electron chi connectivity index (χ0n) is 9.87. The fourth-order valence-electron chi connectivity index (χ4n) is 1.16. The maximum Gasteiger partial charge on any atom is 0.412 e. The van der Waals surface area contributed by atoms with Gasteiger partial charge in [-0.2, -0.15) is 5.26 Å². The zero-order valence-corrected chi connectivity index (χ0v) is 11.5. The van der Waals surface area contributed by atoms with Crippen LogP contribution in [0.4, 0.5) is 10.5 Å². The van der Waals surface area contributed by atoms with Gasteiger partial charge < -0.3 is 4.74 Å². The SMILES string of the molecule is CC(C)(C)OC(=O)Nc1cccc(Br)c1C#N. The van der Waals surface area contributed by atoms with Crippen LogP contribution in [0.3, 0.4) is 0 Å². The molecule has 0 radical (unpaired) electrons. The van der Waals surface area contributed by atoms with E-state index in [-0.39, 0.29) is 0 Å². The van der Waals surface area contributed by atoms with Crippen LogP contribution in [0.15, 0.2) is 22.7 Å². The molecule has 4 nitrogen and oxygen atoms in total. The number of nitrogens with zero attached hydrogens (tertiary/aromatic N) is 1. The molecule has 1 aromatic rings. The van der Waals surface area contributed by atoms with Gasteiger partial charge in [0.1, 0.15) is 11.7 Å². The van der Waals surface area contributed by atoms with Crippen LogP contribution in [0.5, 0.6) is 0 Å². The van der Waals surface area contributed by atoms with Crippen molar-refractivity contribution < 1.29 is 9.53 Å². The number of hydrogen-bond acceptors (Lipinski definition) is 3. The molecule has 0 atom stereocenters. The van der Waals surface area contributed by atoms with Gasteiger partial charge in [-0.05, 0) is 48.8 Å². The van der Waals surface area contributed by atoms with Crippen molar-refractivity contribution in [2.45, 2.75) is 26.4 Å². The van der Waals surface area contributed by atoms with Crippen molar-refractivity contribution >= 4 is 27.7 Å². The molecule has 1 rings (SSSR count). The largest absolute Gasteiger partial charge is 0.444 e. The van der Waals surface area contributed by atoms with Crippen LogP contribution < -0.4 is 5.32 Å². The van der Waals surface area contributed by atoms with Gasteiger partial charge in [0.15, 0.2) is 0 Å². The van der Waals surface area contributed by atoms with Gasteiger partial charge in [-0.25, -0.2) is 4.79 Å². The van der Waals surface area contributed by atoms with Gasteiger partial charge in [-0.3, -0.25) is 5.32 Å². The maximum absolute atomic E-state index is 11.5. The molecule has 0 fully saturated rings. The average molecular weight is 297 g/mol. The number of halogens is 1. The summed E-state index contributed by atoms with van der Waals surface area (Å²) in [4.78, 5) is 11.5. The molecule has 0 unspecified atom stereocenters. The van der Waals surface area contributed by atoms with Crippen LogP contribution >= 0.6 is 15.9 Å². The number of benzene rings is 1. The number of anilines is 1. The lowest BCUT2D eigenvalue weighted by Gasteiger charge is -2.20. The normalized spacial score (nSPS) is 10.5. The molecule has 0 aliphatic rings. The number of carbonyl (C=O) groups excluding carboxylic acids is 1. The molecule has 1 amide bonds. The summed E-state index contributed by atoms with van der Waals surface area (Å²) in [6.45, 7) is 5.33. The second-order valence-corrected chi connectivity index (χ2v) is 5.26. The molecule has 5 heteroatoms. The lowest BCUT2D eigenvalue weighted by molar-refractivity contribution is 0.0636. The Balaban J connectivity index is 2.87. The van der Waals surface area contributed by atoms with Crippen molar-refractivity contribution in [3.63, 3.8) is 0 Å². The Morgan fingerprint density at radius 3 is 2.65 bits per heavy atom. The van der Waals surface area contributed by atoms with E-state index >= 15 is 0 Å². The summed E-state index contributed by atoms with van der Waals surface area (Å²) in [6, 6.07) is 7.13. The number of carbonyl (C=O) groups is 1. The topological polar surface area (TPSA) is 62.1 Å². The van der Waals surface area contributed by atoms with Gasteiger partial charge >= 0.3 is 6.09 Å². The second-order valence-electron chi connectivity index (χ2n) is 4.40. The van der Waals surface area contributed by atoms with Crippen molar-refractivity contribution in [3.8, 4) is 6.07 Å². The lowest BCUT2D eigenvalue weighted by Crippen LogP contribution is -2.27. The second kappa shape index (κ2) is 5.19. The first-order chi connectivity index (χ1) is 7.83. The number of hydrogen-bond donors (Lipinski definition) is 1. The minimum Gasteiger partial charge on any atom is -0.444 e. The Morgan fingerprint density at radius 2 is 2.12 bits per heavy atom. The van der Waals surface area contributed by atoms with Crippen LogP contribution in [-0.4, -0.2) is 11.7 Å². The molecule has 90 valence electrons. The maximum atomic E-state index is 11.5. The third-order valence-electron chi connectivity index (χ3n) is 1.76. The fraction of sp³-hybridized carbons (Fsp3) is 0.333.